The van der Waals surface area contributed by atoms with Gasteiger partial charge in [0.25, 0.3) is 0 Å². The smallest absolute Gasteiger partial charge is 0.334 e. The summed E-state index contributed by atoms with van der Waals surface area (Å²) in [5.74, 6) is -1.94. The molecular weight excluding hydrogens is 484 g/mol. The first-order valence-electron chi connectivity index (χ1n) is 12.5. The Balaban J connectivity index is 2.04. The molecule has 0 radical (unpaired) electrons. The number of rotatable bonds is 12. The van der Waals surface area contributed by atoms with Crippen LogP contribution < -0.4 is 10.1 Å². The molecule has 0 aliphatic heterocycles. The molecule has 3 aromatic rings. The third-order valence-corrected chi connectivity index (χ3v) is 6.25. The lowest BCUT2D eigenvalue weighted by molar-refractivity contribution is -0.145. The van der Waals surface area contributed by atoms with E-state index in [1.165, 1.54) is 12.0 Å². The minimum Gasteiger partial charge on any atom is -0.496 e. The van der Waals surface area contributed by atoms with Gasteiger partial charge in [-0.05, 0) is 28.7 Å². The second-order valence-electron chi connectivity index (χ2n) is 9.56. The van der Waals surface area contributed by atoms with Crippen LogP contribution in [-0.2, 0) is 21.5 Å². The second-order valence-corrected chi connectivity index (χ2v) is 9.56. The SMILES string of the molecule is COc1ccccc1[C@](Cc1ccc(-c2ccccc2)cc1)(NC(=O)N(CCC(=O)O)CC(C)C)C(=O)O. The molecule has 8 nitrogen and oxygen atoms in total. The van der Waals surface area contributed by atoms with Gasteiger partial charge in [-0.25, -0.2) is 9.59 Å². The highest BCUT2D eigenvalue weighted by atomic mass is 16.5. The van der Waals surface area contributed by atoms with E-state index in [2.05, 4.69) is 5.32 Å². The molecule has 0 saturated heterocycles. The molecule has 8 heteroatoms. The normalized spacial score (nSPS) is 12.4. The molecule has 0 aliphatic carbocycles. The number of hydrogen-bond donors (Lipinski definition) is 3. The van der Waals surface area contributed by atoms with Crippen LogP contribution in [0.4, 0.5) is 4.79 Å². The van der Waals surface area contributed by atoms with Crippen molar-refractivity contribution in [2.24, 2.45) is 5.92 Å². The fourth-order valence-electron chi connectivity index (χ4n) is 4.41. The maximum Gasteiger partial charge on any atom is 0.334 e. The topological polar surface area (TPSA) is 116 Å². The minimum absolute atomic E-state index is 0.0468. The highest BCUT2D eigenvalue weighted by Gasteiger charge is 2.45. The first-order chi connectivity index (χ1) is 18.2. The van der Waals surface area contributed by atoms with Gasteiger partial charge in [-0.15, -0.1) is 0 Å². The van der Waals surface area contributed by atoms with Gasteiger partial charge in [0.2, 0.25) is 0 Å². The molecule has 0 bridgehead atoms. The van der Waals surface area contributed by atoms with Crippen LogP contribution >= 0.6 is 0 Å². The molecule has 2 amide bonds. The number of nitrogens with zero attached hydrogens (tertiary/aromatic N) is 1. The molecule has 0 aromatic heterocycles. The van der Waals surface area contributed by atoms with Gasteiger partial charge in [0.1, 0.15) is 5.75 Å². The van der Waals surface area contributed by atoms with Gasteiger partial charge in [-0.3, -0.25) is 4.79 Å². The molecule has 3 aromatic carbocycles. The number of carboxylic acids is 2. The number of hydrogen-bond acceptors (Lipinski definition) is 4. The number of methoxy groups -OCH3 is 1. The summed E-state index contributed by atoms with van der Waals surface area (Å²) in [6, 6.07) is 23.4. The molecule has 0 fully saturated rings. The van der Waals surface area contributed by atoms with Crippen molar-refractivity contribution in [2.45, 2.75) is 32.2 Å². The third-order valence-electron chi connectivity index (χ3n) is 6.25. The standard InChI is InChI=1S/C30H34N2O6/c1-21(2)20-32(18-17-27(33)34)29(37)31-30(28(35)36,25-11-7-8-12-26(25)38-3)19-22-13-15-24(16-14-22)23-9-5-4-6-10-23/h4-16,21H,17-20H2,1-3H3,(H,31,37)(H,33,34)(H,35,36)/t30-/m0/s1. The predicted octanol–water partition coefficient (Wildman–Crippen LogP) is 5.03. The van der Waals surface area contributed by atoms with E-state index in [1.807, 2.05) is 68.4 Å². The molecule has 1 atom stereocenters. The summed E-state index contributed by atoms with van der Waals surface area (Å²) < 4.78 is 5.50. The Morgan fingerprint density at radius 3 is 2.08 bits per heavy atom. The van der Waals surface area contributed by atoms with Crippen LogP contribution in [-0.4, -0.2) is 53.3 Å². The lowest BCUT2D eigenvalue weighted by atomic mass is 9.82. The summed E-state index contributed by atoms with van der Waals surface area (Å²) in [5, 5.41) is 22.6. The second kappa shape index (κ2) is 12.8. The number of nitrogens with one attached hydrogen (secondary N) is 1. The summed E-state index contributed by atoms with van der Waals surface area (Å²) >= 11 is 0. The quantitative estimate of drug-likeness (QED) is 0.310. The first kappa shape index (κ1) is 28.2. The molecule has 200 valence electrons. The molecule has 0 saturated carbocycles. The van der Waals surface area contributed by atoms with Crippen molar-refractivity contribution in [1.29, 1.82) is 0 Å². The van der Waals surface area contributed by atoms with Gasteiger partial charge in [-0.1, -0.05) is 86.6 Å². The number of para-hydroxylation sites is 1. The summed E-state index contributed by atoms with van der Waals surface area (Å²) in [4.78, 5) is 39.1. The van der Waals surface area contributed by atoms with Gasteiger partial charge in [0.15, 0.2) is 5.54 Å². The predicted molar refractivity (Wildman–Crippen MR) is 145 cm³/mol. The lowest BCUT2D eigenvalue weighted by Crippen LogP contribution is -2.57. The molecule has 3 N–H and O–H groups in total. The van der Waals surface area contributed by atoms with E-state index < -0.39 is 23.5 Å². The Bertz CT molecular complexity index is 1240. The van der Waals surface area contributed by atoms with Crippen molar-refractivity contribution >= 4 is 18.0 Å². The molecule has 38 heavy (non-hydrogen) atoms. The number of urea groups is 1. The third kappa shape index (κ3) is 6.91. The molecule has 0 spiro atoms. The fraction of sp³-hybridized carbons (Fsp3) is 0.300. The highest BCUT2D eigenvalue weighted by molar-refractivity contribution is 5.89. The van der Waals surface area contributed by atoms with Crippen LogP contribution in [0.3, 0.4) is 0 Å². The van der Waals surface area contributed by atoms with E-state index >= 15 is 0 Å². The molecule has 3 rings (SSSR count). The Morgan fingerprint density at radius 2 is 1.50 bits per heavy atom. The van der Waals surface area contributed by atoms with Crippen molar-refractivity contribution in [3.8, 4) is 16.9 Å². The Kier molecular flexibility index (Phi) is 9.49. The van der Waals surface area contributed by atoms with Crippen LogP contribution in [0.25, 0.3) is 11.1 Å². The van der Waals surface area contributed by atoms with Crippen LogP contribution in [0.5, 0.6) is 5.75 Å². The van der Waals surface area contributed by atoms with Gasteiger partial charge < -0.3 is 25.2 Å². The summed E-state index contributed by atoms with van der Waals surface area (Å²) in [6.07, 6.45) is -0.312. The number of carbonyl (C=O) groups excluding carboxylic acids is 1. The zero-order valence-corrected chi connectivity index (χ0v) is 21.9. The lowest BCUT2D eigenvalue weighted by Gasteiger charge is -2.35. The number of ether oxygens (including phenoxy) is 1. The van der Waals surface area contributed by atoms with Crippen molar-refractivity contribution in [2.75, 3.05) is 20.2 Å². The van der Waals surface area contributed by atoms with Crippen LogP contribution in [0, 0.1) is 5.92 Å². The van der Waals surface area contributed by atoms with E-state index in [4.69, 9.17) is 4.74 Å². The Morgan fingerprint density at radius 1 is 0.895 bits per heavy atom. The van der Waals surface area contributed by atoms with Crippen molar-refractivity contribution in [3.63, 3.8) is 0 Å². The number of carbonyl (C=O) groups is 3. The first-order valence-corrected chi connectivity index (χ1v) is 12.5. The van der Waals surface area contributed by atoms with Crippen LogP contribution in [0.15, 0.2) is 78.9 Å². The average molecular weight is 519 g/mol. The Hall–Kier alpha value is -4.33. The van der Waals surface area contributed by atoms with E-state index in [9.17, 15) is 24.6 Å². The number of carboxylic acid groups (broad SMARTS) is 2. The van der Waals surface area contributed by atoms with E-state index in [0.29, 0.717) is 16.9 Å². The maximum absolute atomic E-state index is 13.5. The van der Waals surface area contributed by atoms with E-state index in [-0.39, 0.29) is 31.8 Å². The molecular formula is C30H34N2O6. The zero-order valence-electron chi connectivity index (χ0n) is 21.9. The number of benzene rings is 3. The summed E-state index contributed by atoms with van der Waals surface area (Å²) in [5.41, 5.74) is 1.12. The van der Waals surface area contributed by atoms with Gasteiger partial charge >= 0.3 is 18.0 Å². The molecule has 0 aliphatic rings. The monoisotopic (exact) mass is 518 g/mol. The number of amides is 2. The van der Waals surface area contributed by atoms with E-state index in [0.717, 1.165) is 11.1 Å². The molecule has 0 heterocycles. The zero-order chi connectivity index (χ0) is 27.7. The van der Waals surface area contributed by atoms with Gasteiger partial charge in [0, 0.05) is 25.1 Å². The Labute approximate surface area is 222 Å². The highest BCUT2D eigenvalue weighted by Crippen LogP contribution is 2.34. The largest absolute Gasteiger partial charge is 0.496 e. The van der Waals surface area contributed by atoms with Crippen LogP contribution in [0.2, 0.25) is 0 Å². The van der Waals surface area contributed by atoms with Crippen molar-refractivity contribution < 1.29 is 29.3 Å². The van der Waals surface area contributed by atoms with Crippen LogP contribution in [0.1, 0.15) is 31.4 Å². The fourth-order valence-corrected chi connectivity index (χ4v) is 4.41. The van der Waals surface area contributed by atoms with Crippen molar-refractivity contribution in [1.82, 2.24) is 10.2 Å². The van der Waals surface area contributed by atoms with Crippen molar-refractivity contribution in [3.05, 3.63) is 90.0 Å². The van der Waals surface area contributed by atoms with Gasteiger partial charge in [-0.2, -0.15) is 0 Å². The van der Waals surface area contributed by atoms with E-state index in [1.54, 1.807) is 24.3 Å². The summed E-state index contributed by atoms with van der Waals surface area (Å²) in [6.45, 7) is 4.03. The summed E-state index contributed by atoms with van der Waals surface area (Å²) in [7, 11) is 1.44. The minimum atomic E-state index is -1.88. The maximum atomic E-state index is 13.5. The number of aliphatic carboxylic acids is 2. The molecule has 0 unspecified atom stereocenters. The average Bonchev–Trinajstić information content (AvgIpc) is 2.91. The van der Waals surface area contributed by atoms with Gasteiger partial charge in [0.05, 0.1) is 13.5 Å².